The minimum Gasteiger partial charge on any atom is -0.369 e. The van der Waals surface area contributed by atoms with E-state index in [1.807, 2.05) is 0 Å². The minimum atomic E-state index is 0.877. The van der Waals surface area contributed by atoms with E-state index < -0.39 is 0 Å². The fourth-order valence-corrected chi connectivity index (χ4v) is 5.69. The minimum absolute atomic E-state index is 0.877. The highest BCUT2D eigenvalue weighted by Gasteiger charge is 2.22. The van der Waals surface area contributed by atoms with Gasteiger partial charge in [-0.25, -0.2) is 4.31 Å². The number of aryl methyl sites for hydroxylation is 1. The van der Waals surface area contributed by atoms with Gasteiger partial charge in [0.05, 0.1) is 0 Å². The van der Waals surface area contributed by atoms with Crippen LogP contribution in [0.5, 0.6) is 0 Å². The second kappa shape index (κ2) is 8.70. The van der Waals surface area contributed by atoms with Crippen LogP contribution in [0.2, 0.25) is 0 Å². The van der Waals surface area contributed by atoms with Crippen molar-refractivity contribution in [3.63, 3.8) is 0 Å². The van der Waals surface area contributed by atoms with Crippen LogP contribution in [-0.4, -0.2) is 35.7 Å². The van der Waals surface area contributed by atoms with Gasteiger partial charge in [-0.1, -0.05) is 61.5 Å². The molecule has 2 aromatic carbocycles. The lowest BCUT2D eigenvalue weighted by molar-refractivity contribution is 0.419. The van der Waals surface area contributed by atoms with E-state index in [0.29, 0.717) is 0 Å². The van der Waals surface area contributed by atoms with Crippen LogP contribution in [0, 0.1) is 13.8 Å². The zero-order valence-electron chi connectivity index (χ0n) is 16.8. The van der Waals surface area contributed by atoms with E-state index in [9.17, 15) is 0 Å². The third kappa shape index (κ3) is 4.52. The average Bonchev–Trinajstić information content (AvgIpc) is 2.72. The quantitative estimate of drug-likeness (QED) is 0.594. The van der Waals surface area contributed by atoms with Gasteiger partial charge < -0.3 is 4.90 Å². The first kappa shape index (κ1) is 18.9. The molecule has 1 aliphatic heterocycles. The number of anilines is 1. The SMILES string of the molecule is Cc1cccc(-c2ccc(N3CCN(SC4CCCCC4)CC3)cc2)c1C. The van der Waals surface area contributed by atoms with Crippen LogP contribution in [0.25, 0.3) is 11.1 Å². The standard InChI is InChI=1S/C24H32N2S/c1-19-7-6-10-24(20(19)2)21-11-13-22(14-12-21)25-15-17-26(18-16-25)27-23-8-4-3-5-9-23/h6-7,10-14,23H,3-5,8-9,15-18H2,1-2H3. The summed E-state index contributed by atoms with van der Waals surface area (Å²) in [4.78, 5) is 2.55. The maximum Gasteiger partial charge on any atom is 0.0367 e. The molecular weight excluding hydrogens is 348 g/mol. The molecule has 1 heterocycles. The maximum absolute atomic E-state index is 2.62. The number of hydrogen-bond acceptors (Lipinski definition) is 3. The summed E-state index contributed by atoms with van der Waals surface area (Å²) in [6.45, 7) is 9.06. The van der Waals surface area contributed by atoms with Crippen LogP contribution in [0.1, 0.15) is 43.2 Å². The monoisotopic (exact) mass is 380 g/mol. The van der Waals surface area contributed by atoms with Crippen molar-refractivity contribution in [1.29, 1.82) is 0 Å². The topological polar surface area (TPSA) is 6.48 Å². The lowest BCUT2D eigenvalue weighted by atomic mass is 9.97. The van der Waals surface area contributed by atoms with Crippen molar-refractivity contribution in [3.05, 3.63) is 53.6 Å². The van der Waals surface area contributed by atoms with Crippen LogP contribution in [0.15, 0.2) is 42.5 Å². The molecule has 1 saturated carbocycles. The Morgan fingerprint density at radius 1 is 0.815 bits per heavy atom. The van der Waals surface area contributed by atoms with Crippen molar-refractivity contribution in [2.75, 3.05) is 31.1 Å². The Morgan fingerprint density at radius 2 is 1.52 bits per heavy atom. The molecule has 2 fully saturated rings. The highest BCUT2D eigenvalue weighted by molar-refractivity contribution is 7.97. The number of piperazine rings is 1. The molecular formula is C24H32N2S. The van der Waals surface area contributed by atoms with Crippen LogP contribution in [-0.2, 0) is 0 Å². The Balaban J connectivity index is 1.35. The molecule has 0 unspecified atom stereocenters. The lowest BCUT2D eigenvalue weighted by Gasteiger charge is -2.37. The van der Waals surface area contributed by atoms with Gasteiger partial charge in [0.15, 0.2) is 0 Å². The van der Waals surface area contributed by atoms with Gasteiger partial charge in [0, 0.05) is 37.1 Å². The van der Waals surface area contributed by atoms with Gasteiger partial charge in [-0.15, -0.1) is 0 Å². The molecule has 2 aromatic rings. The summed E-state index contributed by atoms with van der Waals surface area (Å²) >= 11 is 2.15. The van der Waals surface area contributed by atoms with Gasteiger partial charge in [0.1, 0.15) is 0 Å². The van der Waals surface area contributed by atoms with E-state index in [0.717, 1.165) is 18.3 Å². The molecule has 27 heavy (non-hydrogen) atoms. The molecule has 1 aliphatic carbocycles. The van der Waals surface area contributed by atoms with E-state index in [-0.39, 0.29) is 0 Å². The molecule has 3 heteroatoms. The van der Waals surface area contributed by atoms with E-state index in [2.05, 4.69) is 77.5 Å². The zero-order chi connectivity index (χ0) is 18.6. The molecule has 0 radical (unpaired) electrons. The Hall–Kier alpha value is -1.45. The van der Waals surface area contributed by atoms with Crippen molar-refractivity contribution in [3.8, 4) is 11.1 Å². The number of nitrogens with zero attached hydrogens (tertiary/aromatic N) is 2. The zero-order valence-corrected chi connectivity index (χ0v) is 17.6. The largest absolute Gasteiger partial charge is 0.369 e. The smallest absolute Gasteiger partial charge is 0.0367 e. The van der Waals surface area contributed by atoms with Gasteiger partial charge in [0.25, 0.3) is 0 Å². The van der Waals surface area contributed by atoms with Crippen molar-refractivity contribution in [1.82, 2.24) is 4.31 Å². The van der Waals surface area contributed by atoms with Gasteiger partial charge >= 0.3 is 0 Å². The van der Waals surface area contributed by atoms with Crippen LogP contribution < -0.4 is 4.90 Å². The lowest BCUT2D eigenvalue weighted by Crippen LogP contribution is -2.44. The summed E-state index contributed by atoms with van der Waals surface area (Å²) < 4.78 is 2.62. The molecule has 0 aromatic heterocycles. The van der Waals surface area contributed by atoms with E-state index in [1.165, 1.54) is 73.1 Å². The average molecular weight is 381 g/mol. The van der Waals surface area contributed by atoms with Crippen molar-refractivity contribution in [2.45, 2.75) is 51.2 Å². The first-order valence-electron chi connectivity index (χ1n) is 10.5. The van der Waals surface area contributed by atoms with Crippen molar-refractivity contribution in [2.24, 2.45) is 0 Å². The van der Waals surface area contributed by atoms with E-state index in [1.54, 1.807) is 0 Å². The maximum atomic E-state index is 2.62. The molecule has 1 saturated heterocycles. The number of benzene rings is 2. The molecule has 2 aliphatic rings. The highest BCUT2D eigenvalue weighted by atomic mass is 32.2. The summed E-state index contributed by atoms with van der Waals surface area (Å²) in [5.74, 6) is 0. The van der Waals surface area contributed by atoms with E-state index >= 15 is 0 Å². The predicted octanol–water partition coefficient (Wildman–Crippen LogP) is 6.07. The summed E-state index contributed by atoms with van der Waals surface area (Å²) in [5.41, 5.74) is 6.80. The molecule has 0 atom stereocenters. The van der Waals surface area contributed by atoms with Crippen LogP contribution >= 0.6 is 11.9 Å². The van der Waals surface area contributed by atoms with Gasteiger partial charge in [0.2, 0.25) is 0 Å². The predicted molar refractivity (Wildman–Crippen MR) is 120 cm³/mol. The number of hydrogen-bond donors (Lipinski definition) is 0. The van der Waals surface area contributed by atoms with Gasteiger partial charge in [-0.3, -0.25) is 0 Å². The molecule has 0 N–H and O–H groups in total. The Labute approximate surface area is 169 Å². The van der Waals surface area contributed by atoms with Crippen molar-refractivity contribution < 1.29 is 0 Å². The normalized spacial score (nSPS) is 19.4. The van der Waals surface area contributed by atoms with Crippen LogP contribution in [0.4, 0.5) is 5.69 Å². The molecule has 0 amide bonds. The van der Waals surface area contributed by atoms with Gasteiger partial charge in [-0.2, -0.15) is 0 Å². The Kier molecular flexibility index (Phi) is 6.09. The summed E-state index contributed by atoms with van der Waals surface area (Å²) in [5, 5.41) is 0.877. The third-order valence-electron chi connectivity index (χ3n) is 6.24. The highest BCUT2D eigenvalue weighted by Crippen LogP contribution is 2.32. The fourth-order valence-electron chi connectivity index (χ4n) is 4.35. The Morgan fingerprint density at radius 3 is 2.22 bits per heavy atom. The summed E-state index contributed by atoms with van der Waals surface area (Å²) in [6, 6.07) is 15.8. The molecule has 2 nitrogen and oxygen atoms in total. The molecule has 0 bridgehead atoms. The molecule has 0 spiro atoms. The molecule has 144 valence electrons. The fraction of sp³-hybridized carbons (Fsp3) is 0.500. The first-order chi connectivity index (χ1) is 13.2. The van der Waals surface area contributed by atoms with E-state index in [4.69, 9.17) is 0 Å². The number of rotatable bonds is 4. The second-order valence-corrected chi connectivity index (χ2v) is 9.47. The van der Waals surface area contributed by atoms with Crippen LogP contribution in [0.3, 0.4) is 0 Å². The van der Waals surface area contributed by atoms with Crippen molar-refractivity contribution >= 4 is 17.6 Å². The summed E-state index contributed by atoms with van der Waals surface area (Å²) in [7, 11) is 0. The summed E-state index contributed by atoms with van der Waals surface area (Å²) in [6.07, 6.45) is 7.16. The van der Waals surface area contributed by atoms with Gasteiger partial charge in [-0.05, 0) is 61.1 Å². The third-order valence-corrected chi connectivity index (χ3v) is 7.67. The Bertz CT molecular complexity index is 741. The second-order valence-electron chi connectivity index (χ2n) is 8.08. The first-order valence-corrected chi connectivity index (χ1v) is 11.4. The molecule has 4 rings (SSSR count).